The minimum Gasteiger partial charge on any atom is -0.497 e. The molecule has 5 heteroatoms. The average Bonchev–Trinajstić information content (AvgIpc) is 2.88. The summed E-state index contributed by atoms with van der Waals surface area (Å²) in [6, 6.07) is 7.77. The molecule has 0 spiro atoms. The lowest BCUT2D eigenvalue weighted by atomic mass is 9.93. The second kappa shape index (κ2) is 7.61. The standard InChI is InChI=1S/C22H34N2O2Si/c1-25-18-7-8-21-20(14-18)19-9-11-23-10-5-6-17(15-23)22(19)24(21)16-26-12-13-27(2,3)4/h7-8,14,17H,5-6,9-13,15-16H2,1-4H3. The van der Waals surface area contributed by atoms with Crippen LogP contribution in [0, 0.1) is 0 Å². The maximum atomic E-state index is 6.22. The Bertz CT molecular complexity index is 809. The van der Waals surface area contributed by atoms with Crippen molar-refractivity contribution in [3.63, 3.8) is 0 Å². The van der Waals surface area contributed by atoms with Crippen LogP contribution >= 0.6 is 0 Å². The largest absolute Gasteiger partial charge is 0.497 e. The predicted octanol–water partition coefficient (Wildman–Crippen LogP) is 4.70. The summed E-state index contributed by atoms with van der Waals surface area (Å²) in [5, 5.41) is 1.37. The first-order valence-corrected chi connectivity index (χ1v) is 14.2. The number of nitrogens with zero attached hydrogens (tertiary/aromatic N) is 2. The summed E-state index contributed by atoms with van der Waals surface area (Å²) >= 11 is 0. The number of benzene rings is 1. The third kappa shape index (κ3) is 3.96. The number of fused-ring (bicyclic) bond motifs is 6. The molecule has 4 nitrogen and oxygen atoms in total. The van der Waals surface area contributed by atoms with Crippen LogP contribution in [-0.4, -0.2) is 50.9 Å². The van der Waals surface area contributed by atoms with Crippen molar-refractivity contribution in [2.24, 2.45) is 0 Å². The van der Waals surface area contributed by atoms with Crippen molar-refractivity contribution in [2.75, 3.05) is 33.4 Å². The van der Waals surface area contributed by atoms with Gasteiger partial charge >= 0.3 is 0 Å². The van der Waals surface area contributed by atoms with E-state index in [1.165, 1.54) is 60.7 Å². The van der Waals surface area contributed by atoms with E-state index in [1.807, 2.05) is 0 Å². The number of ether oxygens (including phenoxy) is 2. The Balaban J connectivity index is 1.70. The van der Waals surface area contributed by atoms with E-state index in [2.05, 4.69) is 47.3 Å². The van der Waals surface area contributed by atoms with E-state index < -0.39 is 8.07 Å². The Morgan fingerprint density at radius 3 is 2.81 bits per heavy atom. The SMILES string of the molecule is COc1ccc2c(c1)c1c(n2COCC[Si](C)(C)C)C2CCCN(CC1)C2. The van der Waals surface area contributed by atoms with E-state index in [0.717, 1.165) is 18.8 Å². The third-order valence-electron chi connectivity index (χ3n) is 6.21. The van der Waals surface area contributed by atoms with Gasteiger partial charge in [-0.15, -0.1) is 0 Å². The van der Waals surface area contributed by atoms with Crippen LogP contribution in [-0.2, 0) is 17.9 Å². The normalized spacial score (nSPS) is 22.5. The van der Waals surface area contributed by atoms with Crippen molar-refractivity contribution in [3.05, 3.63) is 29.5 Å². The maximum absolute atomic E-state index is 6.22. The number of methoxy groups -OCH3 is 1. The molecule has 0 aliphatic carbocycles. The van der Waals surface area contributed by atoms with Crippen LogP contribution in [0.2, 0.25) is 25.7 Å². The molecule has 27 heavy (non-hydrogen) atoms. The van der Waals surface area contributed by atoms with Gasteiger partial charge in [0.25, 0.3) is 0 Å². The smallest absolute Gasteiger partial charge is 0.123 e. The quantitative estimate of drug-likeness (QED) is 0.532. The summed E-state index contributed by atoms with van der Waals surface area (Å²) in [4.78, 5) is 2.65. The maximum Gasteiger partial charge on any atom is 0.123 e. The Kier molecular flexibility index (Phi) is 5.36. The van der Waals surface area contributed by atoms with Crippen molar-refractivity contribution < 1.29 is 9.47 Å². The van der Waals surface area contributed by atoms with Crippen LogP contribution < -0.4 is 4.74 Å². The fraction of sp³-hybridized carbons (Fsp3) is 0.636. The summed E-state index contributed by atoms with van der Waals surface area (Å²) in [6.45, 7) is 12.4. The molecular weight excluding hydrogens is 352 g/mol. The fourth-order valence-corrected chi connectivity index (χ4v) is 5.46. The molecule has 2 unspecified atom stereocenters. The Labute approximate surface area is 164 Å². The summed E-state index contributed by atoms with van der Waals surface area (Å²) < 4.78 is 14.2. The van der Waals surface area contributed by atoms with Gasteiger partial charge in [-0.05, 0) is 55.6 Å². The molecule has 2 aromatic rings. The second-order valence-corrected chi connectivity index (χ2v) is 15.0. The first kappa shape index (κ1) is 19.0. The van der Waals surface area contributed by atoms with Crippen molar-refractivity contribution in [2.45, 2.75) is 57.6 Å². The first-order chi connectivity index (χ1) is 13.0. The van der Waals surface area contributed by atoms with Gasteiger partial charge in [-0.2, -0.15) is 0 Å². The van der Waals surface area contributed by atoms with Gasteiger partial charge in [-0.1, -0.05) is 19.6 Å². The zero-order valence-electron chi connectivity index (χ0n) is 17.4. The molecule has 1 aromatic heterocycles. The van der Waals surface area contributed by atoms with E-state index in [-0.39, 0.29) is 0 Å². The van der Waals surface area contributed by atoms with Gasteiger partial charge in [0.15, 0.2) is 0 Å². The average molecular weight is 387 g/mol. The van der Waals surface area contributed by atoms with E-state index in [0.29, 0.717) is 12.6 Å². The molecule has 0 radical (unpaired) electrons. The molecule has 1 aromatic carbocycles. The molecule has 1 saturated heterocycles. The van der Waals surface area contributed by atoms with Gasteiger partial charge in [0.1, 0.15) is 12.5 Å². The van der Waals surface area contributed by atoms with Crippen LogP contribution in [0.15, 0.2) is 18.2 Å². The Morgan fingerprint density at radius 1 is 1.19 bits per heavy atom. The first-order valence-electron chi connectivity index (χ1n) is 10.5. The molecule has 0 amide bonds. The summed E-state index contributed by atoms with van der Waals surface area (Å²) in [5.74, 6) is 1.59. The number of hydrogen-bond donors (Lipinski definition) is 0. The van der Waals surface area contributed by atoms with Crippen LogP contribution in [0.5, 0.6) is 5.75 Å². The number of aromatic nitrogens is 1. The zero-order valence-corrected chi connectivity index (χ0v) is 18.4. The van der Waals surface area contributed by atoms with Crippen LogP contribution in [0.4, 0.5) is 0 Å². The second-order valence-electron chi connectivity index (χ2n) is 9.41. The molecule has 3 heterocycles. The number of piperidine rings is 1. The van der Waals surface area contributed by atoms with Gasteiger partial charge in [0.05, 0.1) is 12.6 Å². The van der Waals surface area contributed by atoms with Gasteiger partial charge in [0, 0.05) is 44.8 Å². The Hall–Kier alpha value is -1.30. The van der Waals surface area contributed by atoms with Gasteiger partial charge in [0.2, 0.25) is 0 Å². The highest BCUT2D eigenvalue weighted by molar-refractivity contribution is 6.76. The molecule has 2 bridgehead atoms. The minimum absolute atomic E-state index is 0.634. The van der Waals surface area contributed by atoms with Crippen LogP contribution in [0.25, 0.3) is 10.9 Å². The van der Waals surface area contributed by atoms with Gasteiger partial charge in [-0.25, -0.2) is 0 Å². The molecule has 1 fully saturated rings. The summed E-state index contributed by atoms with van der Waals surface area (Å²) in [5.41, 5.74) is 4.38. The van der Waals surface area contributed by atoms with E-state index in [9.17, 15) is 0 Å². The van der Waals surface area contributed by atoms with Gasteiger partial charge < -0.3 is 18.9 Å². The third-order valence-corrected chi connectivity index (χ3v) is 7.91. The number of hydrogen-bond acceptors (Lipinski definition) is 3. The highest BCUT2D eigenvalue weighted by atomic mass is 28.3. The molecule has 0 N–H and O–H groups in total. The zero-order chi connectivity index (χ0) is 19.0. The predicted molar refractivity (Wildman–Crippen MR) is 115 cm³/mol. The summed E-state index contributed by atoms with van der Waals surface area (Å²) in [6.07, 6.45) is 3.74. The van der Waals surface area contributed by atoms with E-state index >= 15 is 0 Å². The van der Waals surface area contributed by atoms with Gasteiger partial charge in [-0.3, -0.25) is 0 Å². The van der Waals surface area contributed by atoms with E-state index in [1.54, 1.807) is 7.11 Å². The van der Waals surface area contributed by atoms with Crippen LogP contribution in [0.1, 0.15) is 30.0 Å². The molecule has 4 rings (SSSR count). The lowest BCUT2D eigenvalue weighted by Crippen LogP contribution is -2.34. The topological polar surface area (TPSA) is 26.6 Å². The van der Waals surface area contributed by atoms with E-state index in [4.69, 9.17) is 9.47 Å². The minimum atomic E-state index is -1.06. The highest BCUT2D eigenvalue weighted by Gasteiger charge is 2.31. The highest BCUT2D eigenvalue weighted by Crippen LogP contribution is 2.39. The molecular formula is C22H34N2O2Si. The van der Waals surface area contributed by atoms with Crippen molar-refractivity contribution in [3.8, 4) is 5.75 Å². The lowest BCUT2D eigenvalue weighted by molar-refractivity contribution is 0.0864. The molecule has 2 atom stereocenters. The number of rotatable bonds is 6. The monoisotopic (exact) mass is 386 g/mol. The van der Waals surface area contributed by atoms with Crippen molar-refractivity contribution in [1.29, 1.82) is 0 Å². The fourth-order valence-electron chi connectivity index (χ4n) is 4.70. The van der Waals surface area contributed by atoms with Crippen molar-refractivity contribution >= 4 is 19.0 Å². The molecule has 0 saturated carbocycles. The molecule has 2 aliphatic rings. The Morgan fingerprint density at radius 2 is 2.04 bits per heavy atom. The molecule has 2 aliphatic heterocycles. The molecule has 148 valence electrons. The lowest BCUT2D eigenvalue weighted by Gasteiger charge is -2.31. The summed E-state index contributed by atoms with van der Waals surface area (Å²) in [7, 11) is 0.699. The van der Waals surface area contributed by atoms with Crippen molar-refractivity contribution in [1.82, 2.24) is 9.47 Å². The van der Waals surface area contributed by atoms with Crippen LogP contribution in [0.3, 0.4) is 0 Å².